The van der Waals surface area contributed by atoms with Crippen molar-refractivity contribution in [3.05, 3.63) is 60.4 Å². The number of amides is 1. The molecule has 0 saturated carbocycles. The number of rotatable bonds is 4. The number of thioether (sulfide) groups is 1. The molecule has 1 fully saturated rings. The van der Waals surface area contributed by atoms with Gasteiger partial charge >= 0.3 is 0 Å². The molecule has 1 heterocycles. The normalized spacial score (nSPS) is 16.1. The third-order valence-electron chi connectivity index (χ3n) is 4.20. The fourth-order valence-corrected chi connectivity index (χ4v) is 3.83. The third kappa shape index (κ3) is 3.90. The molecule has 1 atom stereocenters. The van der Waals surface area contributed by atoms with Crippen molar-refractivity contribution in [2.75, 3.05) is 31.1 Å². The lowest BCUT2D eigenvalue weighted by atomic mass is 10.2. The SMILES string of the molecule is CC(Sc1ccccc1F)C(=O)N1CCN(c2ccccc2)CC1. The molecule has 0 N–H and O–H groups in total. The van der Waals surface area contributed by atoms with Crippen LogP contribution in [-0.2, 0) is 4.79 Å². The molecule has 3 nitrogen and oxygen atoms in total. The Morgan fingerprint density at radius 1 is 1.00 bits per heavy atom. The largest absolute Gasteiger partial charge is 0.368 e. The Kier molecular flexibility index (Phi) is 5.41. The average molecular weight is 344 g/mol. The highest BCUT2D eigenvalue weighted by Gasteiger charge is 2.26. The van der Waals surface area contributed by atoms with Crippen molar-refractivity contribution in [1.82, 2.24) is 4.90 Å². The van der Waals surface area contributed by atoms with Gasteiger partial charge in [0.15, 0.2) is 0 Å². The van der Waals surface area contributed by atoms with Crippen LogP contribution in [0.2, 0.25) is 0 Å². The molecule has 0 aliphatic carbocycles. The van der Waals surface area contributed by atoms with Crippen molar-refractivity contribution >= 4 is 23.4 Å². The number of piperazine rings is 1. The van der Waals surface area contributed by atoms with E-state index in [1.165, 1.54) is 23.5 Å². The van der Waals surface area contributed by atoms with Gasteiger partial charge < -0.3 is 9.80 Å². The Balaban J connectivity index is 1.56. The van der Waals surface area contributed by atoms with Crippen LogP contribution < -0.4 is 4.90 Å². The molecule has 5 heteroatoms. The fourth-order valence-electron chi connectivity index (χ4n) is 2.86. The van der Waals surface area contributed by atoms with E-state index in [1.54, 1.807) is 18.2 Å². The van der Waals surface area contributed by atoms with Crippen LogP contribution in [0.25, 0.3) is 0 Å². The molecule has 126 valence electrons. The second kappa shape index (κ2) is 7.71. The number of halogens is 1. The number of anilines is 1. The molecule has 2 aromatic carbocycles. The monoisotopic (exact) mass is 344 g/mol. The molecule has 0 bridgehead atoms. The van der Waals surface area contributed by atoms with E-state index in [2.05, 4.69) is 17.0 Å². The highest BCUT2D eigenvalue weighted by Crippen LogP contribution is 2.27. The maximum Gasteiger partial charge on any atom is 0.235 e. The number of benzene rings is 2. The highest BCUT2D eigenvalue weighted by molar-refractivity contribution is 8.00. The zero-order valence-corrected chi connectivity index (χ0v) is 14.5. The minimum Gasteiger partial charge on any atom is -0.368 e. The first-order valence-corrected chi connectivity index (χ1v) is 9.03. The quantitative estimate of drug-likeness (QED) is 0.791. The first-order chi connectivity index (χ1) is 11.6. The number of hydrogen-bond acceptors (Lipinski definition) is 3. The summed E-state index contributed by atoms with van der Waals surface area (Å²) in [6.45, 7) is 4.91. The number of para-hydroxylation sites is 1. The lowest BCUT2D eigenvalue weighted by molar-refractivity contribution is -0.130. The van der Waals surface area contributed by atoms with Crippen molar-refractivity contribution in [2.24, 2.45) is 0 Å². The van der Waals surface area contributed by atoms with Gasteiger partial charge in [0.05, 0.1) is 5.25 Å². The Morgan fingerprint density at radius 3 is 2.29 bits per heavy atom. The molecule has 1 saturated heterocycles. The maximum atomic E-state index is 13.7. The smallest absolute Gasteiger partial charge is 0.235 e. The van der Waals surface area contributed by atoms with Crippen molar-refractivity contribution in [1.29, 1.82) is 0 Å². The van der Waals surface area contributed by atoms with Crippen LogP contribution >= 0.6 is 11.8 Å². The number of nitrogens with zero attached hydrogens (tertiary/aromatic N) is 2. The molecule has 3 rings (SSSR count). The van der Waals surface area contributed by atoms with Crippen LogP contribution in [0.4, 0.5) is 10.1 Å². The summed E-state index contributed by atoms with van der Waals surface area (Å²) >= 11 is 1.29. The average Bonchev–Trinajstić information content (AvgIpc) is 2.64. The summed E-state index contributed by atoms with van der Waals surface area (Å²) < 4.78 is 13.7. The van der Waals surface area contributed by atoms with E-state index in [-0.39, 0.29) is 17.0 Å². The van der Waals surface area contributed by atoms with Gasteiger partial charge in [-0.3, -0.25) is 4.79 Å². The van der Waals surface area contributed by atoms with Gasteiger partial charge in [-0.05, 0) is 31.2 Å². The third-order valence-corrected chi connectivity index (χ3v) is 5.34. The standard InChI is InChI=1S/C19H21FN2OS/c1-15(24-18-10-6-5-9-17(18)20)19(23)22-13-11-21(12-14-22)16-7-3-2-4-8-16/h2-10,15H,11-14H2,1H3. The van der Waals surface area contributed by atoms with Gasteiger partial charge in [-0.15, -0.1) is 11.8 Å². The molecule has 2 aromatic rings. The van der Waals surface area contributed by atoms with Crippen molar-refractivity contribution in [2.45, 2.75) is 17.1 Å². The summed E-state index contributed by atoms with van der Waals surface area (Å²) in [6.07, 6.45) is 0. The Bertz CT molecular complexity index is 687. The molecule has 1 aliphatic heterocycles. The fraction of sp³-hybridized carbons (Fsp3) is 0.316. The van der Waals surface area contributed by atoms with Gasteiger partial charge in [0, 0.05) is 36.8 Å². The molecule has 0 aromatic heterocycles. The van der Waals surface area contributed by atoms with Gasteiger partial charge in [0.2, 0.25) is 5.91 Å². The summed E-state index contributed by atoms with van der Waals surface area (Å²) in [4.78, 5) is 17.3. The van der Waals surface area contributed by atoms with E-state index in [4.69, 9.17) is 0 Å². The number of carbonyl (C=O) groups is 1. The summed E-state index contributed by atoms with van der Waals surface area (Å²) in [6, 6.07) is 16.8. The number of carbonyl (C=O) groups excluding carboxylic acids is 1. The summed E-state index contributed by atoms with van der Waals surface area (Å²) in [5.74, 6) is -0.188. The van der Waals surface area contributed by atoms with Crippen LogP contribution in [0.15, 0.2) is 59.5 Å². The van der Waals surface area contributed by atoms with Gasteiger partial charge in [-0.25, -0.2) is 4.39 Å². The van der Waals surface area contributed by atoms with Gasteiger partial charge in [-0.2, -0.15) is 0 Å². The predicted octanol–water partition coefficient (Wildman–Crippen LogP) is 3.66. The Labute approximate surface area is 146 Å². The van der Waals surface area contributed by atoms with Gasteiger partial charge in [0.25, 0.3) is 0 Å². The van der Waals surface area contributed by atoms with Crippen molar-refractivity contribution < 1.29 is 9.18 Å². The topological polar surface area (TPSA) is 23.6 Å². The Hall–Kier alpha value is -2.01. The first kappa shape index (κ1) is 16.8. The van der Waals surface area contributed by atoms with E-state index in [0.717, 1.165) is 13.1 Å². The zero-order valence-electron chi connectivity index (χ0n) is 13.7. The minimum atomic E-state index is -0.287. The van der Waals surface area contributed by atoms with E-state index >= 15 is 0 Å². The summed E-state index contributed by atoms with van der Waals surface area (Å²) in [7, 11) is 0. The van der Waals surface area contributed by atoms with Crippen molar-refractivity contribution in [3.63, 3.8) is 0 Å². The molecular weight excluding hydrogens is 323 g/mol. The van der Waals surface area contributed by atoms with Crippen LogP contribution in [0.3, 0.4) is 0 Å². The molecule has 24 heavy (non-hydrogen) atoms. The van der Waals surface area contributed by atoms with Crippen LogP contribution in [0, 0.1) is 5.82 Å². The first-order valence-electron chi connectivity index (χ1n) is 8.15. The lowest BCUT2D eigenvalue weighted by Gasteiger charge is -2.37. The molecule has 1 unspecified atom stereocenters. The van der Waals surface area contributed by atoms with Crippen molar-refractivity contribution in [3.8, 4) is 0 Å². The van der Waals surface area contributed by atoms with E-state index < -0.39 is 0 Å². The molecule has 1 amide bonds. The lowest BCUT2D eigenvalue weighted by Crippen LogP contribution is -2.50. The van der Waals surface area contributed by atoms with Crippen LogP contribution in [0.5, 0.6) is 0 Å². The second-order valence-electron chi connectivity index (χ2n) is 5.84. The molecule has 1 aliphatic rings. The van der Waals surface area contributed by atoms with Crippen LogP contribution in [-0.4, -0.2) is 42.2 Å². The summed E-state index contributed by atoms with van der Waals surface area (Å²) in [5.41, 5.74) is 1.19. The molecule has 0 radical (unpaired) electrons. The Morgan fingerprint density at radius 2 is 1.62 bits per heavy atom. The number of hydrogen-bond donors (Lipinski definition) is 0. The predicted molar refractivity (Wildman–Crippen MR) is 97.0 cm³/mol. The summed E-state index contributed by atoms with van der Waals surface area (Å²) in [5, 5.41) is -0.287. The minimum absolute atomic E-state index is 0.0796. The zero-order chi connectivity index (χ0) is 16.9. The second-order valence-corrected chi connectivity index (χ2v) is 7.22. The van der Waals surface area contributed by atoms with E-state index in [9.17, 15) is 9.18 Å². The molecular formula is C19H21FN2OS. The van der Waals surface area contributed by atoms with Gasteiger partial charge in [-0.1, -0.05) is 30.3 Å². The maximum absolute atomic E-state index is 13.7. The van der Waals surface area contributed by atoms with Crippen LogP contribution in [0.1, 0.15) is 6.92 Å². The van der Waals surface area contributed by atoms with E-state index in [0.29, 0.717) is 18.0 Å². The van der Waals surface area contributed by atoms with Gasteiger partial charge in [0.1, 0.15) is 5.82 Å². The molecule has 0 spiro atoms. The van der Waals surface area contributed by atoms with E-state index in [1.807, 2.05) is 30.0 Å². The highest BCUT2D eigenvalue weighted by atomic mass is 32.2.